The molecule has 0 spiro atoms. The summed E-state index contributed by atoms with van der Waals surface area (Å²) < 4.78 is 0. The van der Waals surface area contributed by atoms with Gasteiger partial charge in [0.1, 0.15) is 5.84 Å². The monoisotopic (exact) mass is 277 g/mol. The Labute approximate surface area is 113 Å². The molecular weight excluding hydrogens is 266 g/mol. The molecule has 1 aliphatic rings. The second-order valence-electron chi connectivity index (χ2n) is 3.96. The predicted molar refractivity (Wildman–Crippen MR) is 68.3 cm³/mol. The van der Waals surface area contributed by atoms with Gasteiger partial charge in [0.05, 0.1) is 23.8 Å². The molecule has 19 heavy (non-hydrogen) atoms. The highest BCUT2D eigenvalue weighted by Gasteiger charge is 2.40. The van der Waals surface area contributed by atoms with Gasteiger partial charge in [-0.3, -0.25) is 19.6 Å². The Balaban J connectivity index is 2.30. The van der Waals surface area contributed by atoms with Crippen LogP contribution in [0.2, 0.25) is 0 Å². The summed E-state index contributed by atoms with van der Waals surface area (Å²) >= 11 is 1.43. The van der Waals surface area contributed by atoms with Gasteiger partial charge in [0.2, 0.25) is 0 Å². The van der Waals surface area contributed by atoms with Crippen LogP contribution >= 0.6 is 11.3 Å². The standard InChI is InChI=1S/C11H11N5O2S/c1-15-9(13-4-7-5-19-6-14-7)8(3-12)10(17)16(2)11(15)18/h5-6,8H,4H2,1-2H3. The molecule has 1 fully saturated rings. The number of aliphatic imine (C=N–C) groups is 1. The van der Waals surface area contributed by atoms with Crippen molar-refractivity contribution in [3.05, 3.63) is 16.6 Å². The highest BCUT2D eigenvalue weighted by atomic mass is 32.1. The first-order valence-electron chi connectivity index (χ1n) is 5.42. The van der Waals surface area contributed by atoms with E-state index in [1.165, 1.54) is 30.3 Å². The molecule has 0 saturated carbocycles. The second kappa shape index (κ2) is 5.16. The molecule has 0 bridgehead atoms. The molecule has 1 aromatic heterocycles. The smallest absolute Gasteiger partial charge is 0.283 e. The van der Waals surface area contributed by atoms with Crippen molar-refractivity contribution in [2.75, 3.05) is 14.1 Å². The average Bonchev–Trinajstić information content (AvgIpc) is 2.92. The number of nitrogens with zero attached hydrogens (tertiary/aromatic N) is 5. The van der Waals surface area contributed by atoms with Crippen LogP contribution in [0.5, 0.6) is 0 Å². The lowest BCUT2D eigenvalue weighted by atomic mass is 10.1. The lowest BCUT2D eigenvalue weighted by Crippen LogP contribution is -2.56. The highest BCUT2D eigenvalue weighted by molar-refractivity contribution is 7.07. The van der Waals surface area contributed by atoms with Gasteiger partial charge in [0, 0.05) is 19.5 Å². The van der Waals surface area contributed by atoms with Crippen molar-refractivity contribution in [1.82, 2.24) is 14.8 Å². The summed E-state index contributed by atoms with van der Waals surface area (Å²) in [5.74, 6) is -1.43. The molecule has 3 amide bonds. The Bertz CT molecular complexity index is 574. The van der Waals surface area contributed by atoms with Crippen molar-refractivity contribution in [1.29, 1.82) is 5.26 Å². The van der Waals surface area contributed by atoms with Crippen molar-refractivity contribution < 1.29 is 9.59 Å². The van der Waals surface area contributed by atoms with Crippen LogP contribution in [0.3, 0.4) is 0 Å². The minimum absolute atomic E-state index is 0.170. The van der Waals surface area contributed by atoms with Crippen LogP contribution in [-0.2, 0) is 11.3 Å². The van der Waals surface area contributed by atoms with Crippen LogP contribution in [0.25, 0.3) is 0 Å². The van der Waals surface area contributed by atoms with Gasteiger partial charge in [-0.05, 0) is 0 Å². The number of imide groups is 1. The first kappa shape index (κ1) is 13.2. The minimum Gasteiger partial charge on any atom is -0.283 e. The number of thiazole rings is 1. The van der Waals surface area contributed by atoms with Gasteiger partial charge in [-0.1, -0.05) is 0 Å². The molecule has 0 aliphatic carbocycles. The van der Waals surface area contributed by atoms with Crippen LogP contribution in [0.15, 0.2) is 15.9 Å². The summed E-state index contributed by atoms with van der Waals surface area (Å²) in [5.41, 5.74) is 2.41. The molecule has 98 valence electrons. The van der Waals surface area contributed by atoms with Crippen molar-refractivity contribution in [2.24, 2.45) is 10.9 Å². The first-order chi connectivity index (χ1) is 9.06. The van der Waals surface area contributed by atoms with Gasteiger partial charge in [-0.2, -0.15) is 5.26 Å². The van der Waals surface area contributed by atoms with Crippen molar-refractivity contribution in [2.45, 2.75) is 6.54 Å². The number of carbonyl (C=O) groups is 2. The molecule has 1 unspecified atom stereocenters. The molecule has 1 aliphatic heterocycles. The number of amidine groups is 1. The van der Waals surface area contributed by atoms with E-state index in [4.69, 9.17) is 5.26 Å². The van der Waals surface area contributed by atoms with E-state index in [1.54, 1.807) is 5.51 Å². The van der Waals surface area contributed by atoms with E-state index < -0.39 is 17.9 Å². The summed E-state index contributed by atoms with van der Waals surface area (Å²) in [6.07, 6.45) is 0. The van der Waals surface area contributed by atoms with Gasteiger partial charge in [-0.15, -0.1) is 11.3 Å². The lowest BCUT2D eigenvalue weighted by molar-refractivity contribution is -0.129. The zero-order valence-corrected chi connectivity index (χ0v) is 11.2. The molecule has 0 radical (unpaired) electrons. The summed E-state index contributed by atoms with van der Waals surface area (Å²) in [4.78, 5) is 34.0. The SMILES string of the molecule is CN1C(=O)C(C#N)C(=NCc2cscn2)N(C)C1=O. The van der Waals surface area contributed by atoms with E-state index in [2.05, 4.69) is 9.98 Å². The van der Waals surface area contributed by atoms with Crippen molar-refractivity contribution in [3.8, 4) is 6.07 Å². The number of urea groups is 1. The van der Waals surface area contributed by atoms with Crippen LogP contribution in [0, 0.1) is 17.2 Å². The minimum atomic E-state index is -1.05. The fourth-order valence-corrected chi connectivity index (χ4v) is 2.25. The largest absolute Gasteiger partial charge is 0.331 e. The van der Waals surface area contributed by atoms with Crippen LogP contribution < -0.4 is 0 Å². The van der Waals surface area contributed by atoms with Gasteiger partial charge in [0.15, 0.2) is 5.92 Å². The fourth-order valence-electron chi connectivity index (χ4n) is 1.70. The number of amides is 3. The second-order valence-corrected chi connectivity index (χ2v) is 4.67. The number of hydrogen-bond donors (Lipinski definition) is 0. The molecular formula is C11H11N5O2S. The van der Waals surface area contributed by atoms with Crippen molar-refractivity contribution in [3.63, 3.8) is 0 Å². The Morgan fingerprint density at radius 1 is 1.47 bits per heavy atom. The third-order valence-corrected chi connectivity index (χ3v) is 3.40. The van der Waals surface area contributed by atoms with Crippen LogP contribution in [-0.4, -0.2) is 46.7 Å². The Kier molecular flexibility index (Phi) is 3.57. The van der Waals surface area contributed by atoms with E-state index in [9.17, 15) is 9.59 Å². The molecule has 7 nitrogen and oxygen atoms in total. The molecule has 1 saturated heterocycles. The number of carbonyl (C=O) groups excluding carboxylic acids is 2. The fraction of sp³-hybridized carbons (Fsp3) is 0.364. The molecule has 0 aromatic carbocycles. The zero-order chi connectivity index (χ0) is 14.0. The molecule has 0 N–H and O–H groups in total. The zero-order valence-electron chi connectivity index (χ0n) is 10.4. The topological polar surface area (TPSA) is 89.7 Å². The van der Waals surface area contributed by atoms with Crippen LogP contribution in [0.1, 0.15) is 5.69 Å². The molecule has 8 heteroatoms. The summed E-state index contributed by atoms with van der Waals surface area (Å²) in [6, 6.07) is 1.39. The highest BCUT2D eigenvalue weighted by Crippen LogP contribution is 2.16. The van der Waals surface area contributed by atoms with Gasteiger partial charge in [-0.25, -0.2) is 9.78 Å². The Morgan fingerprint density at radius 3 is 2.79 bits per heavy atom. The lowest BCUT2D eigenvalue weighted by Gasteiger charge is -2.32. The summed E-state index contributed by atoms with van der Waals surface area (Å²) in [7, 11) is 2.85. The number of hydrogen-bond acceptors (Lipinski definition) is 6. The van der Waals surface area contributed by atoms with E-state index in [0.717, 1.165) is 10.6 Å². The van der Waals surface area contributed by atoms with E-state index in [-0.39, 0.29) is 12.4 Å². The maximum Gasteiger partial charge on any atom is 0.331 e. The molecule has 2 rings (SSSR count). The maximum absolute atomic E-state index is 11.8. The first-order valence-corrected chi connectivity index (χ1v) is 6.36. The van der Waals surface area contributed by atoms with Gasteiger partial charge < -0.3 is 0 Å². The Hall–Kier alpha value is -2.27. The number of rotatable bonds is 2. The van der Waals surface area contributed by atoms with E-state index in [0.29, 0.717) is 0 Å². The number of nitriles is 1. The van der Waals surface area contributed by atoms with Gasteiger partial charge >= 0.3 is 6.03 Å². The third-order valence-electron chi connectivity index (χ3n) is 2.77. The quantitative estimate of drug-likeness (QED) is 0.796. The van der Waals surface area contributed by atoms with Crippen LogP contribution in [0.4, 0.5) is 4.79 Å². The van der Waals surface area contributed by atoms with E-state index in [1.807, 2.05) is 11.4 Å². The van der Waals surface area contributed by atoms with Crippen molar-refractivity contribution >= 4 is 29.1 Å². The molecule has 1 aromatic rings. The maximum atomic E-state index is 11.8. The van der Waals surface area contributed by atoms with E-state index >= 15 is 0 Å². The summed E-state index contributed by atoms with van der Waals surface area (Å²) in [5, 5.41) is 10.9. The third kappa shape index (κ3) is 2.32. The normalized spacial score (nSPS) is 21.9. The number of aromatic nitrogens is 1. The molecule has 1 atom stereocenters. The van der Waals surface area contributed by atoms with Gasteiger partial charge in [0.25, 0.3) is 5.91 Å². The molecule has 2 heterocycles. The predicted octanol–water partition coefficient (Wildman–Crippen LogP) is 0.705. The summed E-state index contributed by atoms with van der Waals surface area (Å²) in [6.45, 7) is 0.242. The Morgan fingerprint density at radius 2 is 2.21 bits per heavy atom. The average molecular weight is 277 g/mol.